The van der Waals surface area contributed by atoms with E-state index in [0.717, 1.165) is 23.4 Å². The molecule has 0 radical (unpaired) electrons. The van der Waals surface area contributed by atoms with Gasteiger partial charge in [-0.2, -0.15) is 0 Å². The van der Waals surface area contributed by atoms with Crippen LogP contribution in [-0.4, -0.2) is 6.54 Å². The second kappa shape index (κ2) is 7.64. The first-order valence-corrected chi connectivity index (χ1v) is 7.41. The van der Waals surface area contributed by atoms with E-state index in [0.29, 0.717) is 18.2 Å². The number of halogens is 3. The normalized spacial score (nSPS) is 10.7. The highest BCUT2D eigenvalue weighted by atomic mass is 35.5. The van der Waals surface area contributed by atoms with Crippen molar-refractivity contribution in [2.24, 2.45) is 0 Å². The maximum absolute atomic E-state index is 13.1. The zero-order chi connectivity index (χ0) is 15.2. The second-order valence-electron chi connectivity index (χ2n) is 4.57. The first-order valence-electron chi connectivity index (χ1n) is 6.66. The van der Waals surface area contributed by atoms with Crippen molar-refractivity contribution in [3.05, 3.63) is 63.4 Å². The van der Waals surface area contributed by atoms with Crippen molar-refractivity contribution >= 4 is 23.2 Å². The van der Waals surface area contributed by atoms with Crippen LogP contribution in [0.2, 0.25) is 10.0 Å². The maximum Gasteiger partial charge on any atom is 0.141 e. The number of hydrogen-bond donors (Lipinski definition) is 1. The van der Waals surface area contributed by atoms with E-state index in [1.165, 1.54) is 6.07 Å². The molecule has 2 rings (SSSR count). The van der Waals surface area contributed by atoms with Crippen molar-refractivity contribution < 1.29 is 9.13 Å². The maximum atomic E-state index is 13.1. The summed E-state index contributed by atoms with van der Waals surface area (Å²) in [5.74, 6) is 0.320. The fraction of sp³-hybridized carbons (Fsp3) is 0.250. The molecule has 0 spiro atoms. The number of rotatable bonds is 6. The van der Waals surface area contributed by atoms with Crippen LogP contribution in [0, 0.1) is 5.82 Å². The molecule has 0 aliphatic heterocycles. The van der Waals surface area contributed by atoms with Gasteiger partial charge in [0.2, 0.25) is 0 Å². The molecule has 0 saturated carbocycles. The van der Waals surface area contributed by atoms with Crippen LogP contribution in [0.5, 0.6) is 5.75 Å². The minimum atomic E-state index is -0.431. The molecule has 0 unspecified atom stereocenters. The molecule has 0 saturated heterocycles. The number of benzene rings is 2. The van der Waals surface area contributed by atoms with Crippen molar-refractivity contribution in [2.75, 3.05) is 6.54 Å². The van der Waals surface area contributed by atoms with E-state index < -0.39 is 5.82 Å². The van der Waals surface area contributed by atoms with E-state index in [-0.39, 0.29) is 5.02 Å². The predicted molar refractivity (Wildman–Crippen MR) is 84.6 cm³/mol. The Morgan fingerprint density at radius 1 is 1.14 bits per heavy atom. The topological polar surface area (TPSA) is 21.3 Å². The summed E-state index contributed by atoms with van der Waals surface area (Å²) in [5.41, 5.74) is 1.79. The Kier molecular flexibility index (Phi) is 5.85. The zero-order valence-electron chi connectivity index (χ0n) is 11.6. The number of nitrogens with one attached hydrogen (secondary N) is 1. The Hall–Kier alpha value is -1.29. The number of ether oxygens (including phenoxy) is 1. The van der Waals surface area contributed by atoms with Crippen molar-refractivity contribution in [1.29, 1.82) is 0 Å². The molecule has 2 aromatic carbocycles. The Morgan fingerprint density at radius 2 is 1.95 bits per heavy atom. The highest BCUT2D eigenvalue weighted by molar-refractivity contribution is 6.31. The molecule has 0 aliphatic rings. The van der Waals surface area contributed by atoms with E-state index in [9.17, 15) is 4.39 Å². The van der Waals surface area contributed by atoms with Crippen molar-refractivity contribution in [1.82, 2.24) is 5.32 Å². The Bertz CT molecular complexity index is 619. The predicted octanol–water partition coefficient (Wildman–Crippen LogP) is 4.82. The molecule has 0 heterocycles. The lowest BCUT2D eigenvalue weighted by molar-refractivity contribution is 0.302. The largest absolute Gasteiger partial charge is 0.489 e. The minimum Gasteiger partial charge on any atom is -0.489 e. The first-order chi connectivity index (χ1) is 10.1. The van der Waals surface area contributed by atoms with Crippen molar-refractivity contribution in [2.45, 2.75) is 20.1 Å². The Morgan fingerprint density at radius 3 is 2.67 bits per heavy atom. The van der Waals surface area contributed by atoms with Gasteiger partial charge in [0.1, 0.15) is 18.2 Å². The van der Waals surface area contributed by atoms with Gasteiger partial charge in [0, 0.05) is 17.1 Å². The highest BCUT2D eigenvalue weighted by Crippen LogP contribution is 2.24. The molecule has 0 fully saturated rings. The lowest BCUT2D eigenvalue weighted by Crippen LogP contribution is -2.13. The molecule has 1 N–H and O–H groups in total. The van der Waals surface area contributed by atoms with Crippen LogP contribution in [0.4, 0.5) is 4.39 Å². The van der Waals surface area contributed by atoms with E-state index in [4.69, 9.17) is 27.9 Å². The molecular formula is C16H16Cl2FNO. The van der Waals surface area contributed by atoms with E-state index in [2.05, 4.69) is 5.32 Å². The lowest BCUT2D eigenvalue weighted by atomic mass is 10.2. The Labute approximate surface area is 133 Å². The van der Waals surface area contributed by atoms with E-state index in [1.807, 2.05) is 19.1 Å². The SMILES string of the molecule is CCNCc1cc(Cl)ccc1OCc1ccc(F)c(Cl)c1. The third-order valence-corrected chi connectivity index (χ3v) is 3.49. The fourth-order valence-electron chi connectivity index (χ4n) is 1.88. The average molecular weight is 328 g/mol. The van der Waals surface area contributed by atoms with Gasteiger partial charge in [-0.05, 0) is 42.4 Å². The summed E-state index contributed by atoms with van der Waals surface area (Å²) in [7, 11) is 0. The van der Waals surface area contributed by atoms with Gasteiger partial charge in [0.25, 0.3) is 0 Å². The van der Waals surface area contributed by atoms with Crippen LogP contribution < -0.4 is 10.1 Å². The summed E-state index contributed by atoms with van der Waals surface area (Å²) in [6.07, 6.45) is 0. The van der Waals surface area contributed by atoms with Gasteiger partial charge >= 0.3 is 0 Å². The van der Waals surface area contributed by atoms with E-state index >= 15 is 0 Å². The van der Waals surface area contributed by atoms with Gasteiger partial charge in [0.05, 0.1) is 5.02 Å². The molecule has 5 heteroatoms. The second-order valence-corrected chi connectivity index (χ2v) is 5.41. The van der Waals surface area contributed by atoms with Gasteiger partial charge < -0.3 is 10.1 Å². The standard InChI is InChI=1S/C16H16Cl2FNO/c1-2-20-9-12-8-13(17)4-6-16(12)21-10-11-3-5-15(19)14(18)7-11/h3-8,20H,2,9-10H2,1H3. The summed E-state index contributed by atoms with van der Waals surface area (Å²) in [4.78, 5) is 0. The van der Waals surface area contributed by atoms with Crippen LogP contribution in [-0.2, 0) is 13.2 Å². The molecule has 0 atom stereocenters. The van der Waals surface area contributed by atoms with Crippen molar-refractivity contribution in [3.8, 4) is 5.75 Å². The summed E-state index contributed by atoms with van der Waals surface area (Å²) in [6, 6.07) is 10.0. The molecule has 0 bridgehead atoms. The minimum absolute atomic E-state index is 0.0973. The first kappa shape index (κ1) is 16.1. The van der Waals surface area contributed by atoms with Crippen LogP contribution in [0.25, 0.3) is 0 Å². The summed E-state index contributed by atoms with van der Waals surface area (Å²) in [5, 5.41) is 4.00. The number of hydrogen-bond acceptors (Lipinski definition) is 2. The lowest BCUT2D eigenvalue weighted by Gasteiger charge is -2.12. The highest BCUT2D eigenvalue weighted by Gasteiger charge is 2.06. The van der Waals surface area contributed by atoms with Gasteiger partial charge in [-0.25, -0.2) is 4.39 Å². The molecule has 21 heavy (non-hydrogen) atoms. The monoisotopic (exact) mass is 327 g/mol. The van der Waals surface area contributed by atoms with E-state index in [1.54, 1.807) is 18.2 Å². The van der Waals surface area contributed by atoms with Gasteiger partial charge in [-0.15, -0.1) is 0 Å². The molecule has 0 aliphatic carbocycles. The molecular weight excluding hydrogens is 312 g/mol. The summed E-state index contributed by atoms with van der Waals surface area (Å²) >= 11 is 11.8. The van der Waals surface area contributed by atoms with Crippen LogP contribution in [0.3, 0.4) is 0 Å². The fourth-order valence-corrected chi connectivity index (χ4v) is 2.27. The zero-order valence-corrected chi connectivity index (χ0v) is 13.1. The van der Waals surface area contributed by atoms with Crippen molar-refractivity contribution in [3.63, 3.8) is 0 Å². The quantitative estimate of drug-likeness (QED) is 0.821. The summed E-state index contributed by atoms with van der Waals surface area (Å²) in [6.45, 7) is 3.89. The average Bonchev–Trinajstić information content (AvgIpc) is 2.47. The molecule has 0 aromatic heterocycles. The van der Waals surface area contributed by atoms with Gasteiger partial charge in [0.15, 0.2) is 0 Å². The third kappa shape index (κ3) is 4.60. The molecule has 0 amide bonds. The Balaban J connectivity index is 2.09. The third-order valence-electron chi connectivity index (χ3n) is 2.97. The molecule has 112 valence electrons. The van der Waals surface area contributed by atoms with Crippen LogP contribution >= 0.6 is 23.2 Å². The summed E-state index contributed by atoms with van der Waals surface area (Å²) < 4.78 is 18.9. The van der Waals surface area contributed by atoms with Gasteiger partial charge in [-0.3, -0.25) is 0 Å². The molecule has 2 nitrogen and oxygen atoms in total. The molecule has 2 aromatic rings. The van der Waals surface area contributed by atoms with Gasteiger partial charge in [-0.1, -0.05) is 36.2 Å². The van der Waals surface area contributed by atoms with Crippen LogP contribution in [0.1, 0.15) is 18.1 Å². The smallest absolute Gasteiger partial charge is 0.141 e. The van der Waals surface area contributed by atoms with Crippen LogP contribution in [0.15, 0.2) is 36.4 Å².